The average Bonchev–Trinajstić information content (AvgIpc) is 2.63. The number of ether oxygens (including phenoxy) is 2. The molecule has 0 N–H and O–H groups in total. The van der Waals surface area contributed by atoms with Gasteiger partial charge in [0, 0.05) is 24.9 Å². The summed E-state index contributed by atoms with van der Waals surface area (Å²) < 4.78 is 12.9. The monoisotopic (exact) mass is 196 g/mol. The maximum absolute atomic E-state index is 5.45. The van der Waals surface area contributed by atoms with Gasteiger partial charge in [0.2, 0.25) is 0 Å². The molecule has 1 aromatic heterocycles. The number of hydrogen-bond donors (Lipinski definition) is 0. The highest BCUT2D eigenvalue weighted by molar-refractivity contribution is 4.96. The zero-order chi connectivity index (χ0) is 9.80. The van der Waals surface area contributed by atoms with Gasteiger partial charge in [0.05, 0.1) is 13.2 Å². The second kappa shape index (κ2) is 4.57. The molecule has 0 radical (unpaired) electrons. The summed E-state index contributed by atoms with van der Waals surface area (Å²) in [5.74, 6) is 0. The third-order valence-corrected chi connectivity index (χ3v) is 2.40. The molecule has 2 rings (SSSR count). The molecule has 1 saturated heterocycles. The Morgan fingerprint density at radius 2 is 2.29 bits per heavy atom. The summed E-state index contributed by atoms with van der Waals surface area (Å²) in [4.78, 5) is 0. The molecular formula is C10H16N2O2. The molecule has 0 spiro atoms. The molecule has 2 heterocycles. The van der Waals surface area contributed by atoms with Crippen LogP contribution in [-0.4, -0.2) is 29.3 Å². The van der Waals surface area contributed by atoms with Gasteiger partial charge in [-0.15, -0.1) is 0 Å². The Bertz CT molecular complexity index is 279. The van der Waals surface area contributed by atoms with Crippen molar-refractivity contribution in [3.05, 3.63) is 18.0 Å². The lowest BCUT2D eigenvalue weighted by molar-refractivity contribution is -0.182. The lowest BCUT2D eigenvalue weighted by Gasteiger charge is -2.23. The van der Waals surface area contributed by atoms with Crippen LogP contribution in [0, 0.1) is 6.92 Å². The number of rotatable bonds is 3. The first-order valence-corrected chi connectivity index (χ1v) is 5.08. The Morgan fingerprint density at radius 3 is 2.93 bits per heavy atom. The van der Waals surface area contributed by atoms with Crippen molar-refractivity contribution in [1.29, 1.82) is 0 Å². The SMILES string of the molecule is Cc1ccnn1CCC1OCCCO1. The zero-order valence-corrected chi connectivity index (χ0v) is 8.48. The molecule has 1 aliphatic heterocycles. The molecule has 0 unspecified atom stereocenters. The van der Waals surface area contributed by atoms with Crippen LogP contribution in [0.1, 0.15) is 18.5 Å². The molecule has 0 saturated carbocycles. The van der Waals surface area contributed by atoms with E-state index in [0.29, 0.717) is 0 Å². The van der Waals surface area contributed by atoms with Gasteiger partial charge in [-0.05, 0) is 19.4 Å². The lowest BCUT2D eigenvalue weighted by atomic mass is 10.3. The van der Waals surface area contributed by atoms with Crippen molar-refractivity contribution in [2.24, 2.45) is 0 Å². The fraction of sp³-hybridized carbons (Fsp3) is 0.700. The third kappa shape index (κ3) is 2.33. The van der Waals surface area contributed by atoms with Gasteiger partial charge in [0.25, 0.3) is 0 Å². The minimum Gasteiger partial charge on any atom is -0.353 e. The third-order valence-electron chi connectivity index (χ3n) is 2.40. The van der Waals surface area contributed by atoms with Crippen molar-refractivity contribution in [1.82, 2.24) is 9.78 Å². The summed E-state index contributed by atoms with van der Waals surface area (Å²) in [5.41, 5.74) is 1.18. The van der Waals surface area contributed by atoms with Crippen LogP contribution in [0.3, 0.4) is 0 Å². The molecule has 78 valence electrons. The molecule has 0 aliphatic carbocycles. The predicted octanol–water partition coefficient (Wildman–Crippen LogP) is 1.34. The van der Waals surface area contributed by atoms with E-state index in [-0.39, 0.29) is 6.29 Å². The molecule has 4 heteroatoms. The van der Waals surface area contributed by atoms with E-state index in [4.69, 9.17) is 9.47 Å². The quantitative estimate of drug-likeness (QED) is 0.732. The van der Waals surface area contributed by atoms with E-state index in [1.54, 1.807) is 0 Å². The summed E-state index contributed by atoms with van der Waals surface area (Å²) in [6.07, 6.45) is 3.67. The van der Waals surface area contributed by atoms with Crippen LogP contribution in [0.15, 0.2) is 12.3 Å². The number of aryl methyl sites for hydroxylation is 2. The van der Waals surface area contributed by atoms with Gasteiger partial charge in [0.1, 0.15) is 0 Å². The van der Waals surface area contributed by atoms with E-state index in [0.717, 1.165) is 32.6 Å². The summed E-state index contributed by atoms with van der Waals surface area (Å²) in [6.45, 7) is 4.56. The molecule has 1 fully saturated rings. The van der Waals surface area contributed by atoms with Crippen LogP contribution in [0.25, 0.3) is 0 Å². The first kappa shape index (κ1) is 9.68. The molecule has 14 heavy (non-hydrogen) atoms. The largest absolute Gasteiger partial charge is 0.353 e. The normalized spacial score (nSPS) is 18.6. The standard InChI is InChI=1S/C10H16N2O2/c1-9-3-5-11-12(9)6-4-10-13-7-2-8-14-10/h3,5,10H,2,4,6-8H2,1H3. The van der Waals surface area contributed by atoms with Gasteiger partial charge in [-0.25, -0.2) is 0 Å². The van der Waals surface area contributed by atoms with E-state index in [9.17, 15) is 0 Å². The molecule has 0 amide bonds. The Morgan fingerprint density at radius 1 is 1.50 bits per heavy atom. The van der Waals surface area contributed by atoms with Crippen molar-refractivity contribution < 1.29 is 9.47 Å². The van der Waals surface area contributed by atoms with E-state index < -0.39 is 0 Å². The van der Waals surface area contributed by atoms with Crippen molar-refractivity contribution in [3.8, 4) is 0 Å². The molecule has 1 aliphatic rings. The molecule has 4 nitrogen and oxygen atoms in total. The highest BCUT2D eigenvalue weighted by Crippen LogP contribution is 2.10. The molecule has 0 bridgehead atoms. The molecule has 1 aromatic rings. The van der Waals surface area contributed by atoms with Crippen LogP contribution < -0.4 is 0 Å². The first-order valence-electron chi connectivity index (χ1n) is 5.08. The Hall–Kier alpha value is -0.870. The summed E-state index contributed by atoms with van der Waals surface area (Å²) in [6, 6.07) is 2.00. The highest BCUT2D eigenvalue weighted by atomic mass is 16.7. The van der Waals surface area contributed by atoms with Crippen LogP contribution in [0.5, 0.6) is 0 Å². The van der Waals surface area contributed by atoms with Crippen LogP contribution in [0.4, 0.5) is 0 Å². The van der Waals surface area contributed by atoms with Gasteiger partial charge in [0.15, 0.2) is 6.29 Å². The van der Waals surface area contributed by atoms with Gasteiger partial charge < -0.3 is 9.47 Å². The van der Waals surface area contributed by atoms with Crippen molar-refractivity contribution >= 4 is 0 Å². The highest BCUT2D eigenvalue weighted by Gasteiger charge is 2.14. The van der Waals surface area contributed by atoms with Crippen LogP contribution >= 0.6 is 0 Å². The maximum atomic E-state index is 5.45. The first-order chi connectivity index (χ1) is 6.86. The summed E-state index contributed by atoms with van der Waals surface area (Å²) >= 11 is 0. The lowest BCUT2D eigenvalue weighted by Crippen LogP contribution is -2.26. The van der Waals surface area contributed by atoms with Gasteiger partial charge >= 0.3 is 0 Å². The van der Waals surface area contributed by atoms with E-state index in [2.05, 4.69) is 12.0 Å². The van der Waals surface area contributed by atoms with Crippen LogP contribution in [-0.2, 0) is 16.0 Å². The fourth-order valence-electron chi connectivity index (χ4n) is 1.56. The van der Waals surface area contributed by atoms with Gasteiger partial charge in [-0.1, -0.05) is 0 Å². The number of hydrogen-bond acceptors (Lipinski definition) is 3. The van der Waals surface area contributed by atoms with Crippen LogP contribution in [0.2, 0.25) is 0 Å². The minimum atomic E-state index is -0.0349. The Balaban J connectivity index is 1.79. The number of nitrogens with zero attached hydrogens (tertiary/aromatic N) is 2. The van der Waals surface area contributed by atoms with Crippen molar-refractivity contribution in [3.63, 3.8) is 0 Å². The minimum absolute atomic E-state index is 0.0349. The fourth-order valence-corrected chi connectivity index (χ4v) is 1.56. The maximum Gasteiger partial charge on any atom is 0.159 e. The smallest absolute Gasteiger partial charge is 0.159 e. The predicted molar refractivity (Wildman–Crippen MR) is 51.9 cm³/mol. The Kier molecular flexibility index (Phi) is 3.16. The molecule has 0 aromatic carbocycles. The van der Waals surface area contributed by atoms with Gasteiger partial charge in [-0.2, -0.15) is 5.10 Å². The summed E-state index contributed by atoms with van der Waals surface area (Å²) in [5, 5.41) is 4.21. The Labute approximate surface area is 83.8 Å². The van der Waals surface area contributed by atoms with E-state index in [1.807, 2.05) is 16.9 Å². The second-order valence-corrected chi connectivity index (χ2v) is 3.51. The van der Waals surface area contributed by atoms with E-state index >= 15 is 0 Å². The molecule has 0 atom stereocenters. The number of aromatic nitrogens is 2. The second-order valence-electron chi connectivity index (χ2n) is 3.51. The summed E-state index contributed by atoms with van der Waals surface area (Å²) in [7, 11) is 0. The van der Waals surface area contributed by atoms with Crippen molar-refractivity contribution in [2.45, 2.75) is 32.6 Å². The van der Waals surface area contributed by atoms with E-state index in [1.165, 1.54) is 5.69 Å². The van der Waals surface area contributed by atoms with Gasteiger partial charge in [-0.3, -0.25) is 4.68 Å². The zero-order valence-electron chi connectivity index (χ0n) is 8.48. The molecular weight excluding hydrogens is 180 g/mol. The van der Waals surface area contributed by atoms with Crippen molar-refractivity contribution in [2.75, 3.05) is 13.2 Å². The average molecular weight is 196 g/mol. The topological polar surface area (TPSA) is 36.3 Å².